The van der Waals surface area contributed by atoms with Crippen LogP contribution in [0.15, 0.2) is 30.5 Å². The van der Waals surface area contributed by atoms with Crippen LogP contribution in [0.25, 0.3) is 11.3 Å². The summed E-state index contributed by atoms with van der Waals surface area (Å²) < 4.78 is 13.5. The minimum atomic E-state index is -0.257. The van der Waals surface area contributed by atoms with E-state index in [-0.39, 0.29) is 5.82 Å². The highest BCUT2D eigenvalue weighted by Gasteiger charge is 2.27. The molecule has 0 bridgehead atoms. The molecule has 1 aromatic carbocycles. The average molecular weight is 286 g/mol. The number of hydrogen-bond donors (Lipinski definition) is 2. The number of anilines is 1. The molecule has 110 valence electrons. The van der Waals surface area contributed by atoms with Gasteiger partial charge in [0.25, 0.3) is 0 Å². The Morgan fingerprint density at radius 2 is 2.19 bits per heavy atom. The van der Waals surface area contributed by atoms with Crippen LogP contribution in [0.5, 0.6) is 0 Å². The lowest BCUT2D eigenvalue weighted by Crippen LogP contribution is -2.10. The number of rotatable bonds is 6. The third kappa shape index (κ3) is 3.36. The summed E-state index contributed by atoms with van der Waals surface area (Å²) in [6.45, 7) is 1.38. The van der Waals surface area contributed by atoms with Gasteiger partial charge in [0.1, 0.15) is 11.6 Å². The molecule has 3 N–H and O–H groups in total. The highest BCUT2D eigenvalue weighted by atomic mass is 19.1. The number of halogens is 1. The standard InChI is InChI=1S/C16H19FN4/c17-13-4-1-3-12(9-13)15-14(19-8-2-7-18)10-20-16(21-15)11-5-6-11/h1,3-4,9-11,19H,2,5-8,18H2. The molecule has 0 radical (unpaired) electrons. The first-order chi connectivity index (χ1) is 10.3. The van der Waals surface area contributed by atoms with Crippen LogP contribution in [0.2, 0.25) is 0 Å². The van der Waals surface area contributed by atoms with Gasteiger partial charge in [-0.25, -0.2) is 14.4 Å². The van der Waals surface area contributed by atoms with Crippen molar-refractivity contribution in [3.05, 3.63) is 42.1 Å². The fraction of sp³-hybridized carbons (Fsp3) is 0.375. The molecule has 0 aliphatic heterocycles. The second kappa shape index (κ2) is 6.18. The third-order valence-corrected chi connectivity index (χ3v) is 3.54. The van der Waals surface area contributed by atoms with Crippen LogP contribution in [0, 0.1) is 5.82 Å². The molecule has 1 heterocycles. The van der Waals surface area contributed by atoms with Gasteiger partial charge in [0.2, 0.25) is 0 Å². The minimum absolute atomic E-state index is 0.257. The summed E-state index contributed by atoms with van der Waals surface area (Å²) in [7, 11) is 0. The topological polar surface area (TPSA) is 63.8 Å². The maximum absolute atomic E-state index is 13.5. The summed E-state index contributed by atoms with van der Waals surface area (Å²) in [5, 5.41) is 3.29. The Morgan fingerprint density at radius 3 is 2.90 bits per heavy atom. The highest BCUT2D eigenvalue weighted by molar-refractivity contribution is 5.73. The van der Waals surface area contributed by atoms with E-state index in [2.05, 4.69) is 15.3 Å². The smallest absolute Gasteiger partial charge is 0.132 e. The van der Waals surface area contributed by atoms with E-state index in [1.54, 1.807) is 12.3 Å². The zero-order valence-corrected chi connectivity index (χ0v) is 11.8. The van der Waals surface area contributed by atoms with Crippen molar-refractivity contribution >= 4 is 5.69 Å². The maximum atomic E-state index is 13.5. The lowest BCUT2D eigenvalue weighted by Gasteiger charge is -2.12. The van der Waals surface area contributed by atoms with Crippen LogP contribution in [0.1, 0.15) is 31.0 Å². The number of hydrogen-bond acceptors (Lipinski definition) is 4. The molecule has 0 spiro atoms. The van der Waals surface area contributed by atoms with E-state index in [1.807, 2.05) is 6.07 Å². The first-order valence-corrected chi connectivity index (χ1v) is 7.35. The van der Waals surface area contributed by atoms with Crippen molar-refractivity contribution in [1.82, 2.24) is 9.97 Å². The lowest BCUT2D eigenvalue weighted by atomic mass is 10.1. The molecule has 21 heavy (non-hydrogen) atoms. The molecular weight excluding hydrogens is 267 g/mol. The van der Waals surface area contributed by atoms with E-state index in [1.165, 1.54) is 12.1 Å². The molecule has 1 aliphatic carbocycles. The van der Waals surface area contributed by atoms with Crippen molar-refractivity contribution in [2.24, 2.45) is 5.73 Å². The van der Waals surface area contributed by atoms with E-state index < -0.39 is 0 Å². The van der Waals surface area contributed by atoms with E-state index in [4.69, 9.17) is 5.73 Å². The predicted molar refractivity (Wildman–Crippen MR) is 81.6 cm³/mol. The van der Waals surface area contributed by atoms with Crippen LogP contribution in [-0.4, -0.2) is 23.1 Å². The van der Waals surface area contributed by atoms with Gasteiger partial charge in [-0.3, -0.25) is 0 Å². The van der Waals surface area contributed by atoms with Crippen molar-refractivity contribution < 1.29 is 4.39 Å². The zero-order chi connectivity index (χ0) is 14.7. The summed E-state index contributed by atoms with van der Waals surface area (Å²) in [6, 6.07) is 6.52. The monoisotopic (exact) mass is 286 g/mol. The van der Waals surface area contributed by atoms with Gasteiger partial charge in [-0.05, 0) is 37.9 Å². The molecular formula is C16H19FN4. The average Bonchev–Trinajstić information content (AvgIpc) is 3.32. The molecule has 0 amide bonds. The largest absolute Gasteiger partial charge is 0.382 e. The van der Waals surface area contributed by atoms with Crippen molar-refractivity contribution in [2.75, 3.05) is 18.4 Å². The van der Waals surface area contributed by atoms with Crippen LogP contribution in [-0.2, 0) is 0 Å². The molecule has 0 saturated heterocycles. The number of aromatic nitrogens is 2. The van der Waals surface area contributed by atoms with Crippen LogP contribution in [0.3, 0.4) is 0 Å². The minimum Gasteiger partial charge on any atom is -0.382 e. The Labute approximate surface area is 123 Å². The Morgan fingerprint density at radius 1 is 1.33 bits per heavy atom. The third-order valence-electron chi connectivity index (χ3n) is 3.54. The fourth-order valence-electron chi connectivity index (χ4n) is 2.24. The van der Waals surface area contributed by atoms with Gasteiger partial charge in [0, 0.05) is 18.0 Å². The molecule has 0 atom stereocenters. The van der Waals surface area contributed by atoms with Crippen LogP contribution >= 0.6 is 0 Å². The van der Waals surface area contributed by atoms with Gasteiger partial charge in [0.05, 0.1) is 17.6 Å². The number of benzene rings is 1. The molecule has 5 heteroatoms. The number of nitrogens with two attached hydrogens (primary N) is 1. The summed E-state index contributed by atoms with van der Waals surface area (Å²) in [6.07, 6.45) is 4.95. The van der Waals surface area contributed by atoms with E-state index in [0.29, 0.717) is 12.5 Å². The molecule has 1 fully saturated rings. The van der Waals surface area contributed by atoms with Gasteiger partial charge in [-0.1, -0.05) is 12.1 Å². The molecule has 4 nitrogen and oxygen atoms in total. The van der Waals surface area contributed by atoms with Crippen molar-refractivity contribution in [1.29, 1.82) is 0 Å². The predicted octanol–water partition coefficient (Wildman–Crippen LogP) is 2.92. The summed E-state index contributed by atoms with van der Waals surface area (Å²) >= 11 is 0. The Hall–Kier alpha value is -2.01. The number of nitrogens with zero attached hydrogens (tertiary/aromatic N) is 2. The van der Waals surface area contributed by atoms with Crippen molar-refractivity contribution in [3.63, 3.8) is 0 Å². The van der Waals surface area contributed by atoms with E-state index in [9.17, 15) is 4.39 Å². The van der Waals surface area contributed by atoms with Gasteiger partial charge >= 0.3 is 0 Å². The summed E-state index contributed by atoms with van der Waals surface area (Å²) in [5.74, 6) is 1.07. The number of nitrogens with one attached hydrogen (secondary N) is 1. The molecule has 1 aliphatic rings. The summed E-state index contributed by atoms with van der Waals surface area (Å²) in [4.78, 5) is 9.08. The van der Waals surface area contributed by atoms with Gasteiger partial charge in [-0.15, -0.1) is 0 Å². The molecule has 3 rings (SSSR count). The van der Waals surface area contributed by atoms with Crippen molar-refractivity contribution in [2.45, 2.75) is 25.2 Å². The van der Waals surface area contributed by atoms with E-state index in [0.717, 1.165) is 48.6 Å². The Kier molecular flexibility index (Phi) is 4.10. The van der Waals surface area contributed by atoms with Crippen LogP contribution < -0.4 is 11.1 Å². The lowest BCUT2D eigenvalue weighted by molar-refractivity contribution is 0.628. The molecule has 1 saturated carbocycles. The molecule has 2 aromatic rings. The second-order valence-corrected chi connectivity index (χ2v) is 5.34. The normalized spacial score (nSPS) is 14.2. The van der Waals surface area contributed by atoms with Crippen LogP contribution in [0.4, 0.5) is 10.1 Å². The van der Waals surface area contributed by atoms with Crippen molar-refractivity contribution in [3.8, 4) is 11.3 Å². The quantitative estimate of drug-likeness (QED) is 0.801. The Balaban J connectivity index is 1.94. The van der Waals surface area contributed by atoms with E-state index >= 15 is 0 Å². The van der Waals surface area contributed by atoms with Gasteiger partial charge in [0.15, 0.2) is 0 Å². The zero-order valence-electron chi connectivity index (χ0n) is 11.8. The first kappa shape index (κ1) is 13.9. The SMILES string of the molecule is NCCCNc1cnc(C2CC2)nc1-c1cccc(F)c1. The maximum Gasteiger partial charge on any atom is 0.132 e. The summed E-state index contributed by atoms with van der Waals surface area (Å²) in [5.41, 5.74) is 7.88. The highest BCUT2D eigenvalue weighted by Crippen LogP contribution is 2.39. The molecule has 0 unspecified atom stereocenters. The van der Waals surface area contributed by atoms with Gasteiger partial charge in [-0.2, -0.15) is 0 Å². The first-order valence-electron chi connectivity index (χ1n) is 7.35. The van der Waals surface area contributed by atoms with Gasteiger partial charge < -0.3 is 11.1 Å². The Bertz CT molecular complexity index is 625. The molecule has 1 aromatic heterocycles. The fourth-order valence-corrected chi connectivity index (χ4v) is 2.24. The second-order valence-electron chi connectivity index (χ2n) is 5.34.